The number of nitrogens with zero attached hydrogens (tertiary/aromatic N) is 2. The number of guanidine groups is 1. The molecule has 0 unspecified atom stereocenters. The van der Waals surface area contributed by atoms with Gasteiger partial charge in [-0.05, 0) is 30.2 Å². The second kappa shape index (κ2) is 11.4. The molecule has 1 amide bonds. The van der Waals surface area contributed by atoms with Gasteiger partial charge in [-0.15, -0.1) is 24.0 Å². The highest BCUT2D eigenvalue weighted by Gasteiger charge is 2.09. The second-order valence-electron chi connectivity index (χ2n) is 5.72. The third-order valence-electron chi connectivity index (χ3n) is 4.00. The van der Waals surface area contributed by atoms with E-state index in [1.54, 1.807) is 20.2 Å². The molecule has 0 aliphatic carbocycles. The first kappa shape index (κ1) is 23.6. The molecule has 9 heteroatoms. The number of hydrogen-bond acceptors (Lipinski definition) is 2. The van der Waals surface area contributed by atoms with Crippen LogP contribution in [0.1, 0.15) is 21.6 Å². The van der Waals surface area contributed by atoms with Crippen molar-refractivity contribution in [2.45, 2.75) is 13.0 Å². The normalized spacial score (nSPS) is 10.9. The number of rotatable bonds is 6. The van der Waals surface area contributed by atoms with E-state index in [1.165, 1.54) is 0 Å². The summed E-state index contributed by atoms with van der Waals surface area (Å²) >= 11 is 12.1. The fraction of sp³-hybridized carbons (Fsp3) is 0.333. The van der Waals surface area contributed by atoms with E-state index in [0.717, 1.165) is 17.7 Å². The van der Waals surface area contributed by atoms with E-state index in [2.05, 4.69) is 20.9 Å². The minimum absolute atomic E-state index is 0. The molecule has 0 aliphatic rings. The predicted octanol–water partition coefficient (Wildman–Crippen LogP) is 3.22. The van der Waals surface area contributed by atoms with Crippen molar-refractivity contribution in [1.29, 1.82) is 0 Å². The highest BCUT2D eigenvalue weighted by molar-refractivity contribution is 14.0. The van der Waals surface area contributed by atoms with Crippen LogP contribution in [0.15, 0.2) is 35.3 Å². The van der Waals surface area contributed by atoms with Crippen molar-refractivity contribution in [2.75, 3.05) is 20.6 Å². The van der Waals surface area contributed by atoms with Crippen molar-refractivity contribution in [3.63, 3.8) is 0 Å². The number of carbonyl (C=O) groups excluding carboxylic acids is 1. The molecule has 27 heavy (non-hydrogen) atoms. The second-order valence-corrected chi connectivity index (χ2v) is 6.48. The van der Waals surface area contributed by atoms with Crippen LogP contribution in [0.25, 0.3) is 0 Å². The Morgan fingerprint density at radius 3 is 2.56 bits per heavy atom. The molecule has 2 aromatic rings. The molecule has 0 aliphatic heterocycles. The molecular weight excluding hydrogens is 500 g/mol. The zero-order valence-electron chi connectivity index (χ0n) is 15.5. The number of aliphatic imine (C=N–C) groups is 1. The summed E-state index contributed by atoms with van der Waals surface area (Å²) in [5, 5.41) is 10.2. The first-order valence-electron chi connectivity index (χ1n) is 8.21. The van der Waals surface area contributed by atoms with E-state index in [0.29, 0.717) is 34.8 Å². The zero-order valence-corrected chi connectivity index (χ0v) is 19.3. The maximum absolute atomic E-state index is 11.7. The largest absolute Gasteiger partial charge is 0.356 e. The smallest absolute Gasteiger partial charge is 0.251 e. The summed E-state index contributed by atoms with van der Waals surface area (Å²) in [6.07, 6.45) is 0.771. The van der Waals surface area contributed by atoms with Crippen molar-refractivity contribution in [3.8, 4) is 0 Å². The number of halogens is 3. The van der Waals surface area contributed by atoms with Crippen molar-refractivity contribution in [3.05, 3.63) is 57.3 Å². The van der Waals surface area contributed by atoms with Crippen LogP contribution in [0.4, 0.5) is 0 Å². The maximum atomic E-state index is 11.7. The first-order valence-corrected chi connectivity index (χ1v) is 8.97. The number of amides is 1. The summed E-state index contributed by atoms with van der Waals surface area (Å²) in [7, 11) is 5.20. The van der Waals surface area contributed by atoms with Crippen LogP contribution in [0.3, 0.4) is 0 Å². The van der Waals surface area contributed by atoms with Gasteiger partial charge in [0.1, 0.15) is 5.15 Å². The molecule has 6 nitrogen and oxygen atoms in total. The Labute approximate surface area is 186 Å². The van der Waals surface area contributed by atoms with Gasteiger partial charge in [0.2, 0.25) is 0 Å². The summed E-state index contributed by atoms with van der Waals surface area (Å²) in [5.74, 6) is 0.595. The Morgan fingerprint density at radius 2 is 1.96 bits per heavy atom. The highest BCUT2D eigenvalue weighted by atomic mass is 127. The highest BCUT2D eigenvalue weighted by Crippen LogP contribution is 2.24. The summed E-state index contributed by atoms with van der Waals surface area (Å²) in [6.45, 7) is 1.24. The Hall–Kier alpha value is -1.45. The first-order chi connectivity index (χ1) is 12.5. The molecule has 0 fully saturated rings. The molecule has 0 spiro atoms. The number of aromatic nitrogens is 1. The van der Waals surface area contributed by atoms with E-state index in [-0.39, 0.29) is 29.9 Å². The van der Waals surface area contributed by atoms with Gasteiger partial charge in [-0.1, -0.05) is 35.3 Å². The molecule has 2 rings (SSSR count). The van der Waals surface area contributed by atoms with Crippen molar-refractivity contribution in [1.82, 2.24) is 20.5 Å². The number of carbonyl (C=O) groups is 1. The van der Waals surface area contributed by atoms with Gasteiger partial charge >= 0.3 is 0 Å². The number of hydrogen-bond donors (Lipinski definition) is 3. The minimum atomic E-state index is -0.0859. The molecule has 0 bridgehead atoms. The van der Waals surface area contributed by atoms with Gasteiger partial charge in [0.25, 0.3) is 5.91 Å². The van der Waals surface area contributed by atoms with Gasteiger partial charge < -0.3 is 20.5 Å². The van der Waals surface area contributed by atoms with E-state index in [1.807, 2.05) is 35.9 Å². The Bertz CT molecular complexity index is 807. The fourth-order valence-corrected chi connectivity index (χ4v) is 2.91. The molecule has 0 radical (unpaired) electrons. The molecule has 148 valence electrons. The number of nitrogens with one attached hydrogen (secondary N) is 3. The molecule has 3 N–H and O–H groups in total. The van der Waals surface area contributed by atoms with Gasteiger partial charge in [-0.3, -0.25) is 9.79 Å². The Balaban J connectivity index is 0.00000364. The average molecular weight is 524 g/mol. The third kappa shape index (κ3) is 6.58. The van der Waals surface area contributed by atoms with Crippen LogP contribution in [-0.2, 0) is 20.0 Å². The van der Waals surface area contributed by atoms with Crippen molar-refractivity contribution >= 4 is 59.0 Å². The topological polar surface area (TPSA) is 70.4 Å². The summed E-state index contributed by atoms with van der Waals surface area (Å²) in [5.41, 5.74) is 2.70. The van der Waals surface area contributed by atoms with E-state index in [9.17, 15) is 4.79 Å². The van der Waals surface area contributed by atoms with Crippen molar-refractivity contribution < 1.29 is 4.79 Å². The predicted molar refractivity (Wildman–Crippen MR) is 123 cm³/mol. The molecule has 0 saturated carbocycles. The van der Waals surface area contributed by atoms with E-state index in [4.69, 9.17) is 23.2 Å². The SMILES string of the molecule is CN=C(NCCc1cccc(C(=O)NC)c1)NCc1cc(Cl)c(Cl)n1C.I. The van der Waals surface area contributed by atoms with E-state index < -0.39 is 0 Å². The summed E-state index contributed by atoms with van der Waals surface area (Å²) in [4.78, 5) is 15.9. The molecular formula is C18H24Cl2IN5O. The van der Waals surface area contributed by atoms with Crippen LogP contribution in [0.2, 0.25) is 10.2 Å². The lowest BCUT2D eigenvalue weighted by molar-refractivity contribution is 0.0963. The monoisotopic (exact) mass is 523 g/mol. The van der Waals surface area contributed by atoms with Gasteiger partial charge in [0, 0.05) is 38.9 Å². The fourth-order valence-electron chi connectivity index (χ4n) is 2.49. The molecule has 0 atom stereocenters. The quantitative estimate of drug-likeness (QED) is 0.309. The van der Waals surface area contributed by atoms with Gasteiger partial charge in [-0.25, -0.2) is 0 Å². The maximum Gasteiger partial charge on any atom is 0.251 e. The lowest BCUT2D eigenvalue weighted by Crippen LogP contribution is -2.38. The van der Waals surface area contributed by atoms with E-state index >= 15 is 0 Å². The van der Waals surface area contributed by atoms with Gasteiger partial charge in [-0.2, -0.15) is 0 Å². The van der Waals surface area contributed by atoms with Crippen LogP contribution < -0.4 is 16.0 Å². The Morgan fingerprint density at radius 1 is 1.22 bits per heavy atom. The lowest BCUT2D eigenvalue weighted by Gasteiger charge is -2.13. The van der Waals surface area contributed by atoms with Gasteiger partial charge in [0.05, 0.1) is 11.6 Å². The average Bonchev–Trinajstić information content (AvgIpc) is 2.90. The standard InChI is InChI=1S/C18H23Cl2N5O.HI/c1-21-17(26)13-6-4-5-12(9-13)7-8-23-18(22-2)24-11-14-10-15(19)16(20)25(14)3;/h4-6,9-10H,7-8,11H2,1-3H3,(H,21,26)(H2,22,23,24);1H. The van der Waals surface area contributed by atoms with Crippen LogP contribution in [-0.4, -0.2) is 37.1 Å². The number of benzene rings is 1. The van der Waals surface area contributed by atoms with Crippen LogP contribution in [0, 0.1) is 0 Å². The summed E-state index contributed by atoms with van der Waals surface area (Å²) < 4.78 is 1.83. The Kier molecular flexibility index (Phi) is 9.97. The minimum Gasteiger partial charge on any atom is -0.356 e. The summed E-state index contributed by atoms with van der Waals surface area (Å²) in [6, 6.07) is 9.40. The zero-order chi connectivity index (χ0) is 19.1. The van der Waals surface area contributed by atoms with Crippen LogP contribution >= 0.6 is 47.2 Å². The van der Waals surface area contributed by atoms with Gasteiger partial charge in [0.15, 0.2) is 5.96 Å². The molecule has 0 saturated heterocycles. The molecule has 1 aromatic heterocycles. The van der Waals surface area contributed by atoms with Crippen molar-refractivity contribution in [2.24, 2.45) is 12.0 Å². The lowest BCUT2D eigenvalue weighted by atomic mass is 10.1. The molecule has 1 heterocycles. The third-order valence-corrected chi connectivity index (χ3v) is 4.84. The van der Waals surface area contributed by atoms with Crippen LogP contribution in [0.5, 0.6) is 0 Å². The molecule has 1 aromatic carbocycles.